The highest BCUT2D eigenvalue weighted by molar-refractivity contribution is 5.76. The lowest BCUT2D eigenvalue weighted by molar-refractivity contribution is 0.395. The summed E-state index contributed by atoms with van der Waals surface area (Å²) in [5.74, 6) is 0.911. The molecule has 6 heteroatoms. The van der Waals surface area contributed by atoms with Crippen LogP contribution in [-0.4, -0.2) is 32.6 Å². The molecule has 4 aromatic rings. The second-order valence-electron chi connectivity index (χ2n) is 6.75. The van der Waals surface area contributed by atoms with Crippen LogP contribution in [-0.2, 0) is 0 Å². The van der Waals surface area contributed by atoms with Crippen LogP contribution in [0.3, 0.4) is 0 Å². The Kier molecular flexibility index (Phi) is 3.48. The van der Waals surface area contributed by atoms with Crippen molar-refractivity contribution in [2.45, 2.75) is 18.9 Å². The SMILES string of the molecule is O=c1[nH]c2ccccc2n1C1CCN(c2cnc3ccccc3n2)CC1. The zero-order chi connectivity index (χ0) is 17.5. The van der Waals surface area contributed by atoms with Gasteiger partial charge in [0, 0.05) is 19.1 Å². The number of nitrogens with one attached hydrogen (secondary N) is 1. The number of nitrogens with zero attached hydrogens (tertiary/aromatic N) is 4. The van der Waals surface area contributed by atoms with Gasteiger partial charge in [0.15, 0.2) is 0 Å². The molecule has 0 bridgehead atoms. The van der Waals surface area contributed by atoms with Crippen molar-refractivity contribution >= 4 is 27.9 Å². The number of aromatic amines is 1. The molecule has 1 N–H and O–H groups in total. The Morgan fingerprint density at radius 3 is 2.54 bits per heavy atom. The molecule has 3 heterocycles. The molecule has 0 radical (unpaired) electrons. The fourth-order valence-electron chi connectivity index (χ4n) is 3.89. The number of benzene rings is 2. The molecular formula is C20H19N5O. The minimum absolute atomic E-state index is 0.0184. The number of imidazole rings is 1. The maximum atomic E-state index is 12.4. The molecule has 1 fully saturated rings. The predicted octanol–water partition coefficient (Wildman–Crippen LogP) is 3.11. The van der Waals surface area contributed by atoms with Crippen LogP contribution in [0, 0.1) is 0 Å². The van der Waals surface area contributed by atoms with Crippen LogP contribution in [0.1, 0.15) is 18.9 Å². The Hall–Kier alpha value is -3.15. The summed E-state index contributed by atoms with van der Waals surface area (Å²) in [4.78, 5) is 26.9. The number of H-pyrrole nitrogens is 1. The van der Waals surface area contributed by atoms with Crippen molar-refractivity contribution in [3.8, 4) is 0 Å². The number of aromatic nitrogens is 4. The van der Waals surface area contributed by atoms with Crippen LogP contribution < -0.4 is 10.6 Å². The van der Waals surface area contributed by atoms with E-state index in [1.807, 2.05) is 59.3 Å². The van der Waals surface area contributed by atoms with Crippen LogP contribution in [0.2, 0.25) is 0 Å². The summed E-state index contributed by atoms with van der Waals surface area (Å²) in [6, 6.07) is 16.0. The van der Waals surface area contributed by atoms with Gasteiger partial charge in [-0.1, -0.05) is 24.3 Å². The van der Waals surface area contributed by atoms with Gasteiger partial charge in [-0.3, -0.25) is 9.55 Å². The lowest BCUT2D eigenvalue weighted by Crippen LogP contribution is -2.37. The minimum atomic E-state index is -0.0184. The third kappa shape index (κ3) is 2.45. The summed E-state index contributed by atoms with van der Waals surface area (Å²) in [6.45, 7) is 1.73. The van der Waals surface area contributed by atoms with Gasteiger partial charge in [-0.2, -0.15) is 0 Å². The van der Waals surface area contributed by atoms with Crippen LogP contribution in [0.15, 0.2) is 59.5 Å². The number of hydrogen-bond acceptors (Lipinski definition) is 4. The summed E-state index contributed by atoms with van der Waals surface area (Å²) < 4.78 is 1.92. The van der Waals surface area contributed by atoms with Gasteiger partial charge in [-0.05, 0) is 37.1 Å². The molecule has 6 nitrogen and oxygen atoms in total. The minimum Gasteiger partial charge on any atom is -0.355 e. The van der Waals surface area contributed by atoms with Crippen molar-refractivity contribution in [1.82, 2.24) is 19.5 Å². The first-order valence-electron chi connectivity index (χ1n) is 8.95. The van der Waals surface area contributed by atoms with E-state index in [9.17, 15) is 4.79 Å². The molecule has 0 spiro atoms. The van der Waals surface area contributed by atoms with Crippen molar-refractivity contribution in [3.05, 3.63) is 65.2 Å². The largest absolute Gasteiger partial charge is 0.355 e. The maximum Gasteiger partial charge on any atom is 0.326 e. The van der Waals surface area contributed by atoms with Crippen molar-refractivity contribution in [3.63, 3.8) is 0 Å². The number of piperidine rings is 1. The third-order valence-electron chi connectivity index (χ3n) is 5.21. The molecule has 0 saturated carbocycles. The Morgan fingerprint density at radius 1 is 0.962 bits per heavy atom. The van der Waals surface area contributed by atoms with Gasteiger partial charge in [-0.25, -0.2) is 9.78 Å². The number of para-hydroxylation sites is 4. The lowest BCUT2D eigenvalue weighted by atomic mass is 10.0. The Labute approximate surface area is 150 Å². The molecule has 130 valence electrons. The molecule has 0 atom stereocenters. The molecule has 5 rings (SSSR count). The highest BCUT2D eigenvalue weighted by Gasteiger charge is 2.24. The van der Waals surface area contributed by atoms with Crippen molar-refractivity contribution < 1.29 is 0 Å². The number of fused-ring (bicyclic) bond motifs is 2. The lowest BCUT2D eigenvalue weighted by Gasteiger charge is -2.33. The normalized spacial score (nSPS) is 15.8. The second kappa shape index (κ2) is 5.98. The van der Waals surface area contributed by atoms with Gasteiger partial charge in [0.25, 0.3) is 0 Å². The fraction of sp³-hybridized carbons (Fsp3) is 0.250. The number of rotatable bonds is 2. The van der Waals surface area contributed by atoms with E-state index in [4.69, 9.17) is 4.98 Å². The van der Waals surface area contributed by atoms with E-state index >= 15 is 0 Å². The van der Waals surface area contributed by atoms with Gasteiger partial charge >= 0.3 is 5.69 Å². The molecule has 1 aliphatic rings. The Morgan fingerprint density at radius 2 is 1.69 bits per heavy atom. The smallest absolute Gasteiger partial charge is 0.326 e. The average molecular weight is 345 g/mol. The first-order valence-corrected chi connectivity index (χ1v) is 8.95. The van der Waals surface area contributed by atoms with E-state index in [1.165, 1.54) is 0 Å². The molecule has 0 amide bonds. The molecule has 1 aliphatic heterocycles. The molecule has 0 aliphatic carbocycles. The van der Waals surface area contributed by atoms with Crippen LogP contribution in [0.25, 0.3) is 22.1 Å². The van der Waals surface area contributed by atoms with Gasteiger partial charge in [0.2, 0.25) is 0 Å². The molecule has 26 heavy (non-hydrogen) atoms. The monoisotopic (exact) mass is 345 g/mol. The van der Waals surface area contributed by atoms with E-state index < -0.39 is 0 Å². The first kappa shape index (κ1) is 15.1. The molecule has 1 saturated heterocycles. The van der Waals surface area contributed by atoms with Gasteiger partial charge < -0.3 is 9.88 Å². The summed E-state index contributed by atoms with van der Waals surface area (Å²) >= 11 is 0. The summed E-state index contributed by atoms with van der Waals surface area (Å²) in [7, 11) is 0. The molecule has 2 aromatic carbocycles. The predicted molar refractivity (Wildman–Crippen MR) is 103 cm³/mol. The zero-order valence-corrected chi connectivity index (χ0v) is 14.3. The summed E-state index contributed by atoms with van der Waals surface area (Å²) in [5.41, 5.74) is 3.70. The van der Waals surface area contributed by atoms with E-state index in [1.54, 1.807) is 0 Å². The zero-order valence-electron chi connectivity index (χ0n) is 14.3. The van der Waals surface area contributed by atoms with Crippen molar-refractivity contribution in [2.75, 3.05) is 18.0 Å². The van der Waals surface area contributed by atoms with Gasteiger partial charge in [0.1, 0.15) is 5.82 Å². The van der Waals surface area contributed by atoms with Crippen LogP contribution in [0.4, 0.5) is 5.82 Å². The molecule has 2 aromatic heterocycles. The molecule has 0 unspecified atom stereocenters. The van der Waals surface area contributed by atoms with Crippen LogP contribution >= 0.6 is 0 Å². The Bertz CT molecular complexity index is 1140. The highest BCUT2D eigenvalue weighted by atomic mass is 16.1. The number of anilines is 1. The standard InChI is InChI=1S/C20H19N5O/c26-20-23-17-7-3-4-8-18(17)25(20)14-9-11-24(12-10-14)19-13-21-15-5-1-2-6-16(15)22-19/h1-8,13-14H,9-12H2,(H,23,26). The maximum absolute atomic E-state index is 12.4. The van der Waals surface area contributed by atoms with Crippen LogP contribution in [0.5, 0.6) is 0 Å². The topological polar surface area (TPSA) is 66.8 Å². The first-order chi connectivity index (χ1) is 12.8. The third-order valence-corrected chi connectivity index (χ3v) is 5.21. The van der Waals surface area contributed by atoms with Gasteiger partial charge in [0.05, 0.1) is 28.3 Å². The summed E-state index contributed by atoms with van der Waals surface area (Å²) in [6.07, 6.45) is 3.67. The van der Waals surface area contributed by atoms with Crippen molar-refractivity contribution in [1.29, 1.82) is 0 Å². The fourth-order valence-corrected chi connectivity index (χ4v) is 3.89. The molecular weight excluding hydrogens is 326 g/mol. The number of hydrogen-bond donors (Lipinski definition) is 1. The second-order valence-corrected chi connectivity index (χ2v) is 6.75. The quantitative estimate of drug-likeness (QED) is 0.606. The average Bonchev–Trinajstić information content (AvgIpc) is 3.03. The Balaban J connectivity index is 1.40. The van der Waals surface area contributed by atoms with Gasteiger partial charge in [-0.15, -0.1) is 0 Å². The van der Waals surface area contributed by atoms with E-state index in [0.29, 0.717) is 0 Å². The summed E-state index contributed by atoms with van der Waals surface area (Å²) in [5, 5.41) is 0. The highest BCUT2D eigenvalue weighted by Crippen LogP contribution is 2.27. The van der Waals surface area contributed by atoms with E-state index in [0.717, 1.165) is 53.8 Å². The van der Waals surface area contributed by atoms with E-state index in [-0.39, 0.29) is 11.7 Å². The van der Waals surface area contributed by atoms with E-state index in [2.05, 4.69) is 14.9 Å². The van der Waals surface area contributed by atoms with Crippen molar-refractivity contribution in [2.24, 2.45) is 0 Å².